The van der Waals surface area contributed by atoms with Crippen LogP contribution in [-0.2, 0) is 0 Å². The maximum Gasteiger partial charge on any atom is 0.335 e. The van der Waals surface area contributed by atoms with Gasteiger partial charge in [-0.25, -0.2) is 9.78 Å². The molecule has 2 N–H and O–H groups in total. The lowest BCUT2D eigenvalue weighted by molar-refractivity contribution is 0.0697. The first-order chi connectivity index (χ1) is 9.67. The maximum absolute atomic E-state index is 10.9. The van der Waals surface area contributed by atoms with Gasteiger partial charge in [-0.05, 0) is 30.3 Å². The molecule has 0 bridgehead atoms. The number of aromatic nitrogens is 3. The summed E-state index contributed by atoms with van der Waals surface area (Å²) in [6.45, 7) is 0. The van der Waals surface area contributed by atoms with Crippen LogP contribution in [-0.4, -0.2) is 26.0 Å². The van der Waals surface area contributed by atoms with Crippen LogP contribution in [0.2, 0.25) is 0 Å². The first-order valence-corrected chi connectivity index (χ1v) is 5.77. The number of pyridine rings is 1. The Balaban J connectivity index is 2.08. The molecule has 0 fully saturated rings. The molecule has 1 aromatic carbocycles. The molecule has 3 aromatic rings. The first-order valence-electron chi connectivity index (χ1n) is 5.77. The number of fused-ring (bicyclic) bond motifs is 1. The van der Waals surface area contributed by atoms with Crippen molar-refractivity contribution in [1.82, 2.24) is 15.0 Å². The van der Waals surface area contributed by atoms with Gasteiger partial charge in [0.1, 0.15) is 11.8 Å². The molecule has 0 saturated heterocycles. The molecule has 20 heavy (non-hydrogen) atoms. The van der Waals surface area contributed by atoms with Gasteiger partial charge in [-0.3, -0.25) is 4.98 Å². The van der Waals surface area contributed by atoms with Crippen molar-refractivity contribution < 1.29 is 9.90 Å². The number of hydrogen-bond acceptors (Lipinski definition) is 4. The smallest absolute Gasteiger partial charge is 0.335 e. The molecule has 0 radical (unpaired) electrons. The number of aromatic carboxylic acids is 1. The van der Waals surface area contributed by atoms with Crippen molar-refractivity contribution in [2.45, 2.75) is 0 Å². The lowest BCUT2D eigenvalue weighted by atomic mass is 10.2. The highest BCUT2D eigenvalue weighted by Crippen LogP contribution is 2.20. The van der Waals surface area contributed by atoms with Crippen LogP contribution in [0.15, 0.2) is 36.5 Å². The minimum Gasteiger partial charge on any atom is -0.478 e. The largest absolute Gasteiger partial charge is 0.478 e. The second-order valence-electron chi connectivity index (χ2n) is 4.17. The number of hydrogen-bond donors (Lipinski definition) is 2. The Morgan fingerprint density at radius 1 is 1.30 bits per heavy atom. The molecular formula is C14H8N4O2. The Morgan fingerprint density at radius 2 is 2.15 bits per heavy atom. The average molecular weight is 264 g/mol. The number of H-pyrrole nitrogens is 1. The molecule has 0 atom stereocenters. The fraction of sp³-hybridized carbons (Fsp3) is 0. The van der Waals surface area contributed by atoms with Crippen molar-refractivity contribution in [2.24, 2.45) is 0 Å². The van der Waals surface area contributed by atoms with E-state index < -0.39 is 5.97 Å². The molecule has 3 rings (SSSR count). The van der Waals surface area contributed by atoms with Crippen molar-refractivity contribution in [3.8, 4) is 17.6 Å². The number of rotatable bonds is 2. The van der Waals surface area contributed by atoms with Crippen LogP contribution in [0.4, 0.5) is 0 Å². The number of carboxylic acid groups (broad SMARTS) is 1. The summed E-state index contributed by atoms with van der Waals surface area (Å²) in [5, 5.41) is 17.7. The topological polar surface area (TPSA) is 103 Å². The molecule has 0 unspecified atom stereocenters. The number of carbonyl (C=O) groups is 1. The Kier molecular flexibility index (Phi) is 2.66. The van der Waals surface area contributed by atoms with E-state index in [1.54, 1.807) is 18.2 Å². The summed E-state index contributed by atoms with van der Waals surface area (Å²) >= 11 is 0. The van der Waals surface area contributed by atoms with Gasteiger partial charge in [-0.2, -0.15) is 5.26 Å². The van der Waals surface area contributed by atoms with Gasteiger partial charge in [0.25, 0.3) is 0 Å². The van der Waals surface area contributed by atoms with Crippen LogP contribution < -0.4 is 0 Å². The molecular weight excluding hydrogens is 256 g/mol. The Labute approximate surface area is 113 Å². The van der Waals surface area contributed by atoms with Gasteiger partial charge < -0.3 is 10.1 Å². The van der Waals surface area contributed by atoms with Crippen LogP contribution in [0, 0.1) is 11.3 Å². The molecule has 0 amide bonds. The van der Waals surface area contributed by atoms with E-state index in [1.165, 1.54) is 18.3 Å². The van der Waals surface area contributed by atoms with E-state index in [2.05, 4.69) is 15.0 Å². The summed E-state index contributed by atoms with van der Waals surface area (Å²) in [6.07, 6.45) is 1.46. The van der Waals surface area contributed by atoms with E-state index in [-0.39, 0.29) is 5.56 Å². The number of benzene rings is 1. The fourth-order valence-electron chi connectivity index (χ4n) is 1.86. The van der Waals surface area contributed by atoms with Crippen LogP contribution in [0.25, 0.3) is 22.6 Å². The summed E-state index contributed by atoms with van der Waals surface area (Å²) < 4.78 is 0. The maximum atomic E-state index is 10.9. The van der Waals surface area contributed by atoms with Crippen LogP contribution in [0.3, 0.4) is 0 Å². The third kappa shape index (κ3) is 1.97. The van der Waals surface area contributed by atoms with Gasteiger partial charge in [-0.15, -0.1) is 0 Å². The minimum atomic E-state index is -0.987. The second kappa shape index (κ2) is 4.48. The summed E-state index contributed by atoms with van der Waals surface area (Å²) in [4.78, 5) is 22.4. The van der Waals surface area contributed by atoms with E-state index >= 15 is 0 Å². The molecule has 0 aliphatic rings. The predicted octanol–water partition coefficient (Wildman–Crippen LogP) is 2.19. The van der Waals surface area contributed by atoms with Gasteiger partial charge in [0.05, 0.1) is 22.2 Å². The summed E-state index contributed by atoms with van der Waals surface area (Å²) in [5.74, 6) is -0.452. The van der Waals surface area contributed by atoms with Crippen LogP contribution in [0.5, 0.6) is 0 Å². The van der Waals surface area contributed by atoms with Crippen molar-refractivity contribution in [3.63, 3.8) is 0 Å². The molecule has 2 heterocycles. The van der Waals surface area contributed by atoms with Gasteiger partial charge in [0.15, 0.2) is 5.82 Å². The Bertz CT molecular complexity index is 844. The number of nitrogens with zero attached hydrogens (tertiary/aromatic N) is 3. The lowest BCUT2D eigenvalue weighted by Gasteiger charge is -1.94. The standard InChI is InChI=1S/C14H8N4O2/c15-6-8-1-3-11(16-7-8)13-17-10-4-2-9(14(19)20)5-12(10)18-13/h1-5,7H,(H,17,18)(H,19,20). The number of aromatic amines is 1. The number of nitriles is 1. The highest BCUT2D eigenvalue weighted by Gasteiger charge is 2.09. The summed E-state index contributed by atoms with van der Waals surface area (Å²) in [7, 11) is 0. The quantitative estimate of drug-likeness (QED) is 0.738. The summed E-state index contributed by atoms with van der Waals surface area (Å²) in [5.41, 5.74) is 2.55. The third-order valence-electron chi connectivity index (χ3n) is 2.86. The molecule has 6 heteroatoms. The molecule has 0 saturated carbocycles. The van der Waals surface area contributed by atoms with Crippen molar-refractivity contribution in [3.05, 3.63) is 47.7 Å². The molecule has 6 nitrogen and oxygen atoms in total. The minimum absolute atomic E-state index is 0.195. The highest BCUT2D eigenvalue weighted by atomic mass is 16.4. The van der Waals surface area contributed by atoms with Crippen LogP contribution >= 0.6 is 0 Å². The van der Waals surface area contributed by atoms with Crippen molar-refractivity contribution in [1.29, 1.82) is 5.26 Å². The zero-order valence-corrected chi connectivity index (χ0v) is 10.2. The normalized spacial score (nSPS) is 10.3. The summed E-state index contributed by atoms with van der Waals surface area (Å²) in [6, 6.07) is 10.0. The van der Waals surface area contributed by atoms with E-state index in [0.717, 1.165) is 0 Å². The average Bonchev–Trinajstić information content (AvgIpc) is 2.90. The number of nitrogens with one attached hydrogen (secondary N) is 1. The van der Waals surface area contributed by atoms with Crippen molar-refractivity contribution in [2.75, 3.05) is 0 Å². The van der Waals surface area contributed by atoms with Gasteiger partial charge >= 0.3 is 5.97 Å². The molecule has 2 aromatic heterocycles. The molecule has 0 aliphatic carbocycles. The van der Waals surface area contributed by atoms with E-state index in [4.69, 9.17) is 10.4 Å². The molecule has 96 valence electrons. The SMILES string of the molecule is N#Cc1ccc(-c2nc3ccc(C(=O)O)cc3[nH]2)nc1. The van der Waals surface area contributed by atoms with E-state index in [0.29, 0.717) is 28.1 Å². The zero-order chi connectivity index (χ0) is 14.1. The van der Waals surface area contributed by atoms with E-state index in [9.17, 15) is 4.79 Å². The second-order valence-corrected chi connectivity index (χ2v) is 4.17. The Hall–Kier alpha value is -3.20. The van der Waals surface area contributed by atoms with Gasteiger partial charge in [0, 0.05) is 6.20 Å². The van der Waals surface area contributed by atoms with Crippen LogP contribution in [0.1, 0.15) is 15.9 Å². The molecule has 0 spiro atoms. The molecule has 0 aliphatic heterocycles. The first kappa shape index (κ1) is 11.9. The van der Waals surface area contributed by atoms with E-state index in [1.807, 2.05) is 6.07 Å². The van der Waals surface area contributed by atoms with Gasteiger partial charge in [0.2, 0.25) is 0 Å². The van der Waals surface area contributed by atoms with Gasteiger partial charge in [-0.1, -0.05) is 0 Å². The fourth-order valence-corrected chi connectivity index (χ4v) is 1.86. The third-order valence-corrected chi connectivity index (χ3v) is 2.86. The van der Waals surface area contributed by atoms with Crippen molar-refractivity contribution >= 4 is 17.0 Å². The predicted molar refractivity (Wildman–Crippen MR) is 71.0 cm³/mol. The monoisotopic (exact) mass is 264 g/mol. The zero-order valence-electron chi connectivity index (χ0n) is 10.2. The lowest BCUT2D eigenvalue weighted by Crippen LogP contribution is -1.94. The Morgan fingerprint density at radius 3 is 2.80 bits per heavy atom. The number of carboxylic acids is 1. The number of imidazole rings is 1. The highest BCUT2D eigenvalue weighted by molar-refractivity contribution is 5.92.